The second-order valence-electron chi connectivity index (χ2n) is 7.32. The third-order valence-electron chi connectivity index (χ3n) is 5.76. The van der Waals surface area contributed by atoms with Crippen LogP contribution >= 0.6 is 11.3 Å². The van der Waals surface area contributed by atoms with Crippen molar-refractivity contribution in [3.63, 3.8) is 0 Å². The maximum absolute atomic E-state index is 13.3. The number of hydrogen-bond acceptors (Lipinski definition) is 4. The summed E-state index contributed by atoms with van der Waals surface area (Å²) in [5.41, 5.74) is 8.76. The molecule has 2 aromatic rings. The molecule has 1 aromatic carbocycles. The Labute approximate surface area is 153 Å². The van der Waals surface area contributed by atoms with Crippen LogP contribution in [0, 0.1) is 5.41 Å². The Morgan fingerprint density at radius 2 is 2.04 bits per heavy atom. The minimum atomic E-state index is -0.584. The zero-order valence-electron chi connectivity index (χ0n) is 14.4. The number of rotatable bonds is 5. The molecule has 4 rings (SSSR count). The lowest BCUT2D eigenvalue weighted by atomic mass is 9.93. The van der Waals surface area contributed by atoms with Crippen LogP contribution in [0.25, 0.3) is 0 Å². The molecule has 0 unspecified atom stereocenters. The second kappa shape index (κ2) is 6.90. The zero-order valence-corrected chi connectivity index (χ0v) is 15.2. The van der Waals surface area contributed by atoms with Crippen LogP contribution in [0.4, 0.5) is 0 Å². The highest BCUT2D eigenvalue weighted by atomic mass is 32.1. The van der Waals surface area contributed by atoms with Gasteiger partial charge >= 0.3 is 0 Å². The first-order valence-electron chi connectivity index (χ1n) is 9.02. The monoisotopic (exact) mass is 355 g/mol. The van der Waals surface area contributed by atoms with Gasteiger partial charge in [0.25, 0.3) is 0 Å². The quantitative estimate of drug-likeness (QED) is 0.867. The SMILES string of the molecule is N[C@@H](C(=O)N(Cc1ccsc1)[C@@H]1CC12CCNCC2)c1ccccc1. The van der Waals surface area contributed by atoms with E-state index in [9.17, 15) is 4.79 Å². The highest BCUT2D eigenvalue weighted by Gasteiger charge is 2.58. The van der Waals surface area contributed by atoms with E-state index in [1.807, 2.05) is 30.3 Å². The summed E-state index contributed by atoms with van der Waals surface area (Å²) >= 11 is 1.68. The molecule has 2 heterocycles. The van der Waals surface area contributed by atoms with Crippen LogP contribution in [0.5, 0.6) is 0 Å². The number of benzene rings is 1. The Bertz CT molecular complexity index is 710. The van der Waals surface area contributed by atoms with Crippen molar-refractivity contribution < 1.29 is 4.79 Å². The summed E-state index contributed by atoms with van der Waals surface area (Å²) in [4.78, 5) is 15.3. The van der Waals surface area contributed by atoms with E-state index >= 15 is 0 Å². The van der Waals surface area contributed by atoms with Crippen molar-refractivity contribution in [2.24, 2.45) is 11.1 Å². The molecule has 0 radical (unpaired) electrons. The third kappa shape index (κ3) is 3.36. The fourth-order valence-corrected chi connectivity index (χ4v) is 4.79. The van der Waals surface area contributed by atoms with Gasteiger partial charge in [-0.3, -0.25) is 4.79 Å². The van der Waals surface area contributed by atoms with Crippen molar-refractivity contribution in [3.05, 3.63) is 58.3 Å². The molecule has 1 amide bonds. The minimum Gasteiger partial charge on any atom is -0.333 e. The van der Waals surface area contributed by atoms with Crippen LogP contribution in [0.3, 0.4) is 0 Å². The number of piperidine rings is 1. The molecule has 25 heavy (non-hydrogen) atoms. The van der Waals surface area contributed by atoms with Gasteiger partial charge in [-0.05, 0) is 65.7 Å². The molecule has 2 fully saturated rings. The van der Waals surface area contributed by atoms with Gasteiger partial charge in [-0.25, -0.2) is 0 Å². The van der Waals surface area contributed by atoms with E-state index in [1.165, 1.54) is 5.56 Å². The van der Waals surface area contributed by atoms with Gasteiger partial charge in [0, 0.05) is 12.6 Å². The van der Waals surface area contributed by atoms with Gasteiger partial charge < -0.3 is 16.0 Å². The molecule has 2 atom stereocenters. The fourth-order valence-electron chi connectivity index (χ4n) is 4.13. The van der Waals surface area contributed by atoms with Crippen molar-refractivity contribution in [2.75, 3.05) is 13.1 Å². The first kappa shape index (κ1) is 16.8. The summed E-state index contributed by atoms with van der Waals surface area (Å²) in [6.45, 7) is 2.78. The number of carbonyl (C=O) groups is 1. The van der Waals surface area contributed by atoms with Crippen molar-refractivity contribution in [2.45, 2.75) is 37.9 Å². The van der Waals surface area contributed by atoms with Gasteiger partial charge in [0.2, 0.25) is 5.91 Å². The van der Waals surface area contributed by atoms with E-state index in [0.717, 1.165) is 37.9 Å². The predicted molar refractivity (Wildman–Crippen MR) is 101 cm³/mol. The maximum Gasteiger partial charge on any atom is 0.244 e. The number of carbonyl (C=O) groups excluding carboxylic acids is 1. The first-order chi connectivity index (χ1) is 12.2. The number of nitrogens with two attached hydrogens (primary N) is 1. The van der Waals surface area contributed by atoms with Gasteiger partial charge in [0.15, 0.2) is 0 Å². The Hall–Kier alpha value is -1.69. The summed E-state index contributed by atoms with van der Waals surface area (Å²) in [6, 6.07) is 11.6. The van der Waals surface area contributed by atoms with Crippen molar-refractivity contribution >= 4 is 17.2 Å². The number of nitrogens with zero attached hydrogens (tertiary/aromatic N) is 1. The molecule has 4 nitrogen and oxygen atoms in total. The lowest BCUT2D eigenvalue weighted by Crippen LogP contribution is -2.43. The highest BCUT2D eigenvalue weighted by Crippen LogP contribution is 2.56. The molecular formula is C20H25N3OS. The molecular weight excluding hydrogens is 330 g/mol. The number of hydrogen-bond donors (Lipinski definition) is 2. The summed E-state index contributed by atoms with van der Waals surface area (Å²) in [5, 5.41) is 7.64. The Morgan fingerprint density at radius 1 is 1.28 bits per heavy atom. The molecule has 1 saturated heterocycles. The average molecular weight is 356 g/mol. The van der Waals surface area contributed by atoms with Crippen LogP contribution in [0.15, 0.2) is 47.2 Å². The van der Waals surface area contributed by atoms with Crippen LogP contribution in [0.2, 0.25) is 0 Å². The number of thiophene rings is 1. The van der Waals surface area contributed by atoms with Crippen LogP contribution in [-0.4, -0.2) is 29.9 Å². The lowest BCUT2D eigenvalue weighted by Gasteiger charge is -2.31. The van der Waals surface area contributed by atoms with Gasteiger partial charge in [-0.2, -0.15) is 11.3 Å². The summed E-state index contributed by atoms with van der Waals surface area (Å²) < 4.78 is 0. The zero-order chi connectivity index (χ0) is 17.3. The average Bonchev–Trinajstić information content (AvgIpc) is 3.08. The Kier molecular flexibility index (Phi) is 4.63. The molecule has 0 bridgehead atoms. The van der Waals surface area contributed by atoms with Crippen LogP contribution < -0.4 is 11.1 Å². The molecule has 1 spiro atoms. The molecule has 3 N–H and O–H groups in total. The van der Waals surface area contributed by atoms with E-state index < -0.39 is 6.04 Å². The smallest absolute Gasteiger partial charge is 0.244 e. The van der Waals surface area contributed by atoms with E-state index in [1.54, 1.807) is 11.3 Å². The molecule has 1 aliphatic carbocycles. The molecule has 1 aromatic heterocycles. The van der Waals surface area contributed by atoms with Crippen molar-refractivity contribution in [1.29, 1.82) is 0 Å². The molecule has 2 aliphatic rings. The van der Waals surface area contributed by atoms with Crippen molar-refractivity contribution in [3.8, 4) is 0 Å². The van der Waals surface area contributed by atoms with E-state index in [0.29, 0.717) is 18.0 Å². The Morgan fingerprint density at radius 3 is 2.72 bits per heavy atom. The standard InChI is InChI=1S/C20H25N3OS/c21-18(16-4-2-1-3-5-16)19(24)23(13-15-6-11-25-14-15)17-12-20(17)7-9-22-10-8-20/h1-6,11,14,17-18,22H,7-10,12-13,21H2/t17-,18-/m1/s1. The van der Waals surface area contributed by atoms with Crippen molar-refractivity contribution in [1.82, 2.24) is 10.2 Å². The topological polar surface area (TPSA) is 58.4 Å². The van der Waals surface area contributed by atoms with Crippen LogP contribution in [-0.2, 0) is 11.3 Å². The molecule has 1 aliphatic heterocycles. The van der Waals surface area contributed by atoms with E-state index in [2.05, 4.69) is 27.0 Å². The normalized spacial score (nSPS) is 22.5. The summed E-state index contributed by atoms with van der Waals surface area (Å²) in [6.07, 6.45) is 3.43. The van der Waals surface area contributed by atoms with Gasteiger partial charge in [-0.1, -0.05) is 30.3 Å². The lowest BCUT2D eigenvalue weighted by molar-refractivity contribution is -0.134. The van der Waals surface area contributed by atoms with E-state index in [-0.39, 0.29) is 5.91 Å². The van der Waals surface area contributed by atoms with Gasteiger partial charge in [0.1, 0.15) is 6.04 Å². The molecule has 132 valence electrons. The third-order valence-corrected chi connectivity index (χ3v) is 6.50. The highest BCUT2D eigenvalue weighted by molar-refractivity contribution is 7.07. The largest absolute Gasteiger partial charge is 0.333 e. The summed E-state index contributed by atoms with van der Waals surface area (Å²) in [7, 11) is 0. The van der Waals surface area contributed by atoms with Gasteiger partial charge in [-0.15, -0.1) is 0 Å². The van der Waals surface area contributed by atoms with E-state index in [4.69, 9.17) is 5.73 Å². The fraction of sp³-hybridized carbons (Fsp3) is 0.450. The molecule has 5 heteroatoms. The maximum atomic E-state index is 13.3. The Balaban J connectivity index is 1.56. The van der Waals surface area contributed by atoms with Gasteiger partial charge in [0.05, 0.1) is 0 Å². The second-order valence-corrected chi connectivity index (χ2v) is 8.10. The predicted octanol–water partition coefficient (Wildman–Crippen LogP) is 2.92. The number of amides is 1. The minimum absolute atomic E-state index is 0.0535. The summed E-state index contributed by atoms with van der Waals surface area (Å²) in [5.74, 6) is 0.0535. The first-order valence-corrected chi connectivity index (χ1v) is 9.97. The molecule has 1 saturated carbocycles. The van der Waals surface area contributed by atoms with Crippen LogP contribution in [0.1, 0.15) is 36.4 Å². The number of nitrogens with one attached hydrogen (secondary N) is 1.